The van der Waals surface area contributed by atoms with Gasteiger partial charge in [0.15, 0.2) is 0 Å². The van der Waals surface area contributed by atoms with E-state index in [1.165, 1.54) is 4.88 Å². The van der Waals surface area contributed by atoms with Crippen LogP contribution in [0.2, 0.25) is 0 Å². The Kier molecular flexibility index (Phi) is 6.19. The zero-order valence-corrected chi connectivity index (χ0v) is 16.8. The highest BCUT2D eigenvalue weighted by molar-refractivity contribution is 7.10. The van der Waals surface area contributed by atoms with E-state index in [0.717, 1.165) is 22.0 Å². The van der Waals surface area contributed by atoms with E-state index in [1.54, 1.807) is 22.7 Å². The normalized spacial score (nSPS) is 12.3. The van der Waals surface area contributed by atoms with Crippen LogP contribution in [0.15, 0.2) is 47.2 Å². The lowest BCUT2D eigenvalue weighted by Crippen LogP contribution is -2.33. The number of anilines is 1. The van der Waals surface area contributed by atoms with Gasteiger partial charge in [0.05, 0.1) is 17.2 Å². The van der Waals surface area contributed by atoms with E-state index in [2.05, 4.69) is 40.9 Å². The highest BCUT2D eigenvalue weighted by Crippen LogP contribution is 2.26. The summed E-state index contributed by atoms with van der Waals surface area (Å²) in [6, 6.07) is 12.2. The van der Waals surface area contributed by atoms with Crippen molar-refractivity contribution in [3.05, 3.63) is 57.0 Å². The molecule has 0 saturated carbocycles. The van der Waals surface area contributed by atoms with Crippen molar-refractivity contribution in [2.45, 2.75) is 26.8 Å². The van der Waals surface area contributed by atoms with Gasteiger partial charge in [-0.15, -0.1) is 22.7 Å². The molecule has 3 aromatic rings. The molecule has 0 saturated heterocycles. The van der Waals surface area contributed by atoms with Crippen molar-refractivity contribution >= 4 is 34.3 Å². The number of aromatic nitrogens is 1. The van der Waals surface area contributed by atoms with Gasteiger partial charge in [0.25, 0.3) is 0 Å². The van der Waals surface area contributed by atoms with E-state index >= 15 is 0 Å². The Hall–Kier alpha value is -2.02. The second-order valence-corrected chi connectivity index (χ2v) is 8.54. The maximum absolute atomic E-state index is 12.4. The van der Waals surface area contributed by atoms with Gasteiger partial charge in [0.2, 0.25) is 5.91 Å². The van der Waals surface area contributed by atoms with Crippen molar-refractivity contribution in [2.24, 2.45) is 5.92 Å². The molecule has 136 valence electrons. The number of thiophene rings is 1. The number of nitrogens with one attached hydrogen (secondary N) is 2. The van der Waals surface area contributed by atoms with Crippen LogP contribution in [0, 0.1) is 12.8 Å². The van der Waals surface area contributed by atoms with Crippen LogP contribution in [-0.2, 0) is 4.79 Å². The minimum Gasteiger partial charge on any atom is -0.325 e. The van der Waals surface area contributed by atoms with Crippen molar-refractivity contribution in [1.29, 1.82) is 0 Å². The van der Waals surface area contributed by atoms with E-state index in [0.29, 0.717) is 5.92 Å². The standard InChI is InChI=1S/C20H23N3OS2/c1-13(2)20(18-8-5-9-25-18)21-11-19(24)23-16-7-4-6-15(10-16)17-12-26-14(3)22-17/h4-10,12-13,20-21H,11H2,1-3H3,(H,23,24)/t20-/m1/s1. The van der Waals surface area contributed by atoms with Crippen LogP contribution in [-0.4, -0.2) is 17.4 Å². The number of thiazole rings is 1. The average molecular weight is 386 g/mol. The topological polar surface area (TPSA) is 54.0 Å². The van der Waals surface area contributed by atoms with Crippen molar-refractivity contribution in [3.63, 3.8) is 0 Å². The van der Waals surface area contributed by atoms with Gasteiger partial charge >= 0.3 is 0 Å². The third kappa shape index (κ3) is 4.78. The quantitative estimate of drug-likeness (QED) is 0.594. The summed E-state index contributed by atoms with van der Waals surface area (Å²) in [6.45, 7) is 6.59. The molecule has 0 radical (unpaired) electrons. The Bertz CT molecular complexity index is 856. The van der Waals surface area contributed by atoms with Crippen LogP contribution in [0.3, 0.4) is 0 Å². The molecule has 0 bridgehead atoms. The summed E-state index contributed by atoms with van der Waals surface area (Å²) in [7, 11) is 0. The molecule has 4 nitrogen and oxygen atoms in total. The third-order valence-electron chi connectivity index (χ3n) is 4.06. The smallest absolute Gasteiger partial charge is 0.238 e. The fourth-order valence-corrected chi connectivity index (χ4v) is 4.39. The number of hydrogen-bond donors (Lipinski definition) is 2. The zero-order valence-electron chi connectivity index (χ0n) is 15.2. The van der Waals surface area contributed by atoms with Crippen LogP contribution >= 0.6 is 22.7 Å². The van der Waals surface area contributed by atoms with Crippen LogP contribution < -0.4 is 10.6 Å². The Morgan fingerprint density at radius 3 is 2.69 bits per heavy atom. The molecule has 26 heavy (non-hydrogen) atoms. The Labute approximate surface area is 162 Å². The summed E-state index contributed by atoms with van der Waals surface area (Å²) in [5, 5.41) is 11.5. The number of rotatable bonds is 7. The molecule has 3 rings (SSSR count). The van der Waals surface area contributed by atoms with Crippen LogP contribution in [0.1, 0.15) is 29.8 Å². The molecule has 1 amide bonds. The maximum atomic E-state index is 12.4. The van der Waals surface area contributed by atoms with E-state index < -0.39 is 0 Å². The second-order valence-electron chi connectivity index (χ2n) is 6.50. The molecular formula is C20H23N3OS2. The van der Waals surface area contributed by atoms with Crippen LogP contribution in [0.5, 0.6) is 0 Å². The first kappa shape index (κ1) is 18.8. The van der Waals surface area contributed by atoms with E-state index in [4.69, 9.17) is 0 Å². The lowest BCUT2D eigenvalue weighted by atomic mass is 10.0. The van der Waals surface area contributed by atoms with Gasteiger partial charge in [-0.2, -0.15) is 0 Å². The molecule has 0 unspecified atom stereocenters. The van der Waals surface area contributed by atoms with Gasteiger partial charge in [-0.1, -0.05) is 32.0 Å². The Balaban J connectivity index is 1.61. The molecule has 6 heteroatoms. The first-order valence-corrected chi connectivity index (χ1v) is 10.4. The minimum atomic E-state index is -0.0428. The number of carbonyl (C=O) groups excluding carboxylic acids is 1. The molecule has 2 aromatic heterocycles. The maximum Gasteiger partial charge on any atom is 0.238 e. The lowest BCUT2D eigenvalue weighted by Gasteiger charge is -2.21. The first-order valence-electron chi connectivity index (χ1n) is 8.62. The minimum absolute atomic E-state index is 0.0428. The van der Waals surface area contributed by atoms with E-state index in [1.807, 2.05) is 42.6 Å². The summed E-state index contributed by atoms with van der Waals surface area (Å²) in [6.07, 6.45) is 0. The molecule has 0 fully saturated rings. The molecule has 0 spiro atoms. The zero-order chi connectivity index (χ0) is 18.5. The largest absolute Gasteiger partial charge is 0.325 e. The predicted octanol–water partition coefficient (Wildman–Crippen LogP) is 5.11. The number of carbonyl (C=O) groups is 1. The van der Waals surface area contributed by atoms with Gasteiger partial charge in [0, 0.05) is 27.5 Å². The molecule has 0 aliphatic rings. The number of amides is 1. The Morgan fingerprint density at radius 2 is 2.04 bits per heavy atom. The molecule has 0 aliphatic heterocycles. The molecular weight excluding hydrogens is 362 g/mol. The number of hydrogen-bond acceptors (Lipinski definition) is 5. The predicted molar refractivity (Wildman–Crippen MR) is 111 cm³/mol. The molecule has 2 heterocycles. The van der Waals surface area contributed by atoms with Gasteiger partial charge in [-0.25, -0.2) is 4.98 Å². The molecule has 1 atom stereocenters. The van der Waals surface area contributed by atoms with Crippen LogP contribution in [0.4, 0.5) is 5.69 Å². The second kappa shape index (κ2) is 8.58. The average Bonchev–Trinajstić information content (AvgIpc) is 3.27. The highest BCUT2D eigenvalue weighted by atomic mass is 32.1. The van der Waals surface area contributed by atoms with E-state index in [9.17, 15) is 4.79 Å². The lowest BCUT2D eigenvalue weighted by molar-refractivity contribution is -0.115. The van der Waals surface area contributed by atoms with E-state index in [-0.39, 0.29) is 18.5 Å². The number of benzene rings is 1. The summed E-state index contributed by atoms with van der Waals surface area (Å²) in [5.41, 5.74) is 2.75. The van der Waals surface area contributed by atoms with Gasteiger partial charge in [0.1, 0.15) is 0 Å². The fraction of sp³-hybridized carbons (Fsp3) is 0.300. The van der Waals surface area contributed by atoms with Gasteiger partial charge < -0.3 is 10.6 Å². The summed E-state index contributed by atoms with van der Waals surface area (Å²) < 4.78 is 0. The van der Waals surface area contributed by atoms with Crippen LogP contribution in [0.25, 0.3) is 11.3 Å². The molecule has 1 aromatic carbocycles. The highest BCUT2D eigenvalue weighted by Gasteiger charge is 2.17. The van der Waals surface area contributed by atoms with Crippen molar-refractivity contribution in [2.75, 3.05) is 11.9 Å². The van der Waals surface area contributed by atoms with Crippen molar-refractivity contribution in [1.82, 2.24) is 10.3 Å². The monoisotopic (exact) mass is 385 g/mol. The molecule has 2 N–H and O–H groups in total. The summed E-state index contributed by atoms with van der Waals surface area (Å²) in [5.74, 6) is 0.372. The molecule has 0 aliphatic carbocycles. The van der Waals surface area contributed by atoms with Crippen molar-refractivity contribution in [3.8, 4) is 11.3 Å². The Morgan fingerprint density at radius 1 is 1.19 bits per heavy atom. The summed E-state index contributed by atoms with van der Waals surface area (Å²) in [4.78, 5) is 18.1. The number of nitrogens with zero attached hydrogens (tertiary/aromatic N) is 1. The SMILES string of the molecule is Cc1nc(-c2cccc(NC(=O)CN[C@@H](c3cccs3)C(C)C)c2)cs1. The first-order chi connectivity index (χ1) is 12.5. The van der Waals surface area contributed by atoms with Crippen molar-refractivity contribution < 1.29 is 4.79 Å². The van der Waals surface area contributed by atoms with Gasteiger partial charge in [-0.3, -0.25) is 4.79 Å². The fourth-order valence-electron chi connectivity index (χ4n) is 2.79. The number of aryl methyl sites for hydroxylation is 1. The third-order valence-corrected chi connectivity index (χ3v) is 5.79. The summed E-state index contributed by atoms with van der Waals surface area (Å²) >= 11 is 3.34. The van der Waals surface area contributed by atoms with Gasteiger partial charge in [-0.05, 0) is 36.4 Å².